The molecule has 0 saturated carbocycles. The molecular weight excluding hydrogens is 468 g/mol. The third kappa shape index (κ3) is 6.65. The molecule has 0 fully saturated rings. The summed E-state index contributed by atoms with van der Waals surface area (Å²) in [4.78, 5) is 30.1. The summed E-state index contributed by atoms with van der Waals surface area (Å²) in [5.41, 5.74) is 3.09. The number of hydrogen-bond donors (Lipinski definition) is 2. The molecule has 2 amide bonds. The number of nitriles is 1. The molecule has 2 aromatic rings. The van der Waals surface area contributed by atoms with Crippen LogP contribution in [0.1, 0.15) is 46.5 Å². The Morgan fingerprint density at radius 2 is 2.26 bits per heavy atom. The number of allylic oxidation sites excluding steroid dienone is 4. The van der Waals surface area contributed by atoms with Gasteiger partial charge in [0.05, 0.1) is 22.8 Å². The maximum absolute atomic E-state index is 12.6. The fraction of sp³-hybridized carbons (Fsp3) is 0.360. The molecule has 2 N–H and O–H groups in total. The first-order valence-electron chi connectivity index (χ1n) is 11.0. The lowest BCUT2D eigenvalue weighted by molar-refractivity contribution is -0.116. The number of ether oxygens (including phenoxy) is 1. The molecule has 2 heterocycles. The number of nitrogens with one attached hydrogen (secondary N) is 2. The molecule has 3 rings (SSSR count). The van der Waals surface area contributed by atoms with Crippen molar-refractivity contribution in [1.82, 2.24) is 10.3 Å². The van der Waals surface area contributed by atoms with Crippen LogP contribution in [0, 0.1) is 24.2 Å². The van der Waals surface area contributed by atoms with Gasteiger partial charge in [0.25, 0.3) is 0 Å². The molecule has 1 aliphatic rings. The molecule has 0 bridgehead atoms. The summed E-state index contributed by atoms with van der Waals surface area (Å²) in [6.07, 6.45) is 6.55. The quantitative estimate of drug-likeness (QED) is 0.450. The Hall–Kier alpha value is -3.22. The normalized spacial score (nSPS) is 15.7. The number of thiazole rings is 1. The minimum atomic E-state index is -0.482. The van der Waals surface area contributed by atoms with Crippen LogP contribution in [0.4, 0.5) is 9.80 Å². The van der Waals surface area contributed by atoms with Crippen molar-refractivity contribution in [2.45, 2.75) is 52.2 Å². The van der Waals surface area contributed by atoms with Gasteiger partial charge in [-0.3, -0.25) is 4.79 Å². The number of nitrogens with zero attached hydrogens (tertiary/aromatic N) is 2. The van der Waals surface area contributed by atoms with E-state index in [1.165, 1.54) is 22.7 Å². The second kappa shape index (κ2) is 11.8. The molecule has 9 heteroatoms. The van der Waals surface area contributed by atoms with Gasteiger partial charge in [0.1, 0.15) is 17.2 Å². The highest BCUT2D eigenvalue weighted by atomic mass is 32.1. The van der Waals surface area contributed by atoms with Gasteiger partial charge in [-0.15, -0.1) is 22.7 Å². The van der Waals surface area contributed by atoms with E-state index in [0.29, 0.717) is 36.4 Å². The maximum atomic E-state index is 12.6. The highest BCUT2D eigenvalue weighted by molar-refractivity contribution is 7.16. The SMILES string of the molecule is C=C/C=C\C(=C)C(C)CC(=O)Nc1sc2c(c1C#N)CCC(OC(=O)NCc1csc(C)n1)C2. The summed E-state index contributed by atoms with van der Waals surface area (Å²) in [5.74, 6) is -0.207. The third-order valence-electron chi connectivity index (χ3n) is 5.51. The van der Waals surface area contributed by atoms with Crippen LogP contribution in [0.2, 0.25) is 0 Å². The third-order valence-corrected chi connectivity index (χ3v) is 7.50. The summed E-state index contributed by atoms with van der Waals surface area (Å²) in [6, 6.07) is 2.24. The van der Waals surface area contributed by atoms with Crippen LogP contribution in [0.5, 0.6) is 0 Å². The van der Waals surface area contributed by atoms with Gasteiger partial charge in [0.15, 0.2) is 0 Å². The number of aromatic nitrogens is 1. The molecule has 0 aliphatic heterocycles. The Labute approximate surface area is 207 Å². The van der Waals surface area contributed by atoms with Crippen molar-refractivity contribution < 1.29 is 14.3 Å². The molecule has 178 valence electrons. The van der Waals surface area contributed by atoms with E-state index in [4.69, 9.17) is 4.74 Å². The van der Waals surface area contributed by atoms with Crippen LogP contribution < -0.4 is 10.6 Å². The van der Waals surface area contributed by atoms with Gasteiger partial charge in [0.2, 0.25) is 5.91 Å². The zero-order chi connectivity index (χ0) is 24.7. The molecule has 34 heavy (non-hydrogen) atoms. The number of carbonyl (C=O) groups excluding carboxylic acids is 2. The average Bonchev–Trinajstić information content (AvgIpc) is 3.37. The number of thiophene rings is 1. The monoisotopic (exact) mass is 496 g/mol. The Balaban J connectivity index is 1.57. The minimum absolute atomic E-state index is 0.0409. The van der Waals surface area contributed by atoms with Crippen molar-refractivity contribution in [2.24, 2.45) is 5.92 Å². The number of fused-ring (bicyclic) bond motifs is 1. The summed E-state index contributed by atoms with van der Waals surface area (Å²) in [6.45, 7) is 11.8. The largest absolute Gasteiger partial charge is 0.446 e. The van der Waals surface area contributed by atoms with Crippen LogP contribution >= 0.6 is 22.7 Å². The van der Waals surface area contributed by atoms with Gasteiger partial charge in [-0.25, -0.2) is 9.78 Å². The Kier molecular flexibility index (Phi) is 8.79. The second-order valence-corrected chi connectivity index (χ2v) is 10.3. The van der Waals surface area contributed by atoms with Crippen molar-refractivity contribution in [3.05, 3.63) is 69.0 Å². The minimum Gasteiger partial charge on any atom is -0.446 e. The lowest BCUT2D eigenvalue weighted by Gasteiger charge is -2.22. The second-order valence-electron chi connectivity index (χ2n) is 8.12. The highest BCUT2D eigenvalue weighted by Gasteiger charge is 2.28. The fourth-order valence-electron chi connectivity index (χ4n) is 3.65. The van der Waals surface area contributed by atoms with E-state index in [-0.39, 0.29) is 24.3 Å². The van der Waals surface area contributed by atoms with Gasteiger partial charge >= 0.3 is 6.09 Å². The average molecular weight is 497 g/mol. The molecule has 0 spiro atoms. The first-order chi connectivity index (χ1) is 16.3. The van der Waals surface area contributed by atoms with Gasteiger partial charge in [-0.05, 0) is 31.2 Å². The lowest BCUT2D eigenvalue weighted by Crippen LogP contribution is -2.31. The van der Waals surface area contributed by atoms with Crippen molar-refractivity contribution in [3.8, 4) is 6.07 Å². The molecule has 0 aromatic carbocycles. The molecular formula is C25H28N4O3S2. The zero-order valence-corrected chi connectivity index (χ0v) is 21.0. The predicted molar refractivity (Wildman–Crippen MR) is 136 cm³/mol. The van der Waals surface area contributed by atoms with Gasteiger partial charge in [-0.1, -0.05) is 43.9 Å². The molecule has 7 nitrogen and oxygen atoms in total. The fourth-order valence-corrected chi connectivity index (χ4v) is 5.54. The standard InChI is InChI=1S/C25H28N4O3S2/c1-5-6-7-15(2)16(3)10-23(30)29-24-21(12-26)20-9-8-19(11-22(20)34-24)32-25(31)27-13-18-14-33-17(4)28-18/h5-7,14,16,19H,1-2,8-11,13H2,3-4H3,(H,27,31)(H,29,30)/b7-6-. The number of hydrogen-bond acceptors (Lipinski definition) is 7. The summed E-state index contributed by atoms with van der Waals surface area (Å²) in [7, 11) is 0. The molecule has 2 unspecified atom stereocenters. The number of alkyl carbamates (subject to hydrolysis) is 1. The van der Waals surface area contributed by atoms with Crippen molar-refractivity contribution in [1.29, 1.82) is 5.26 Å². The van der Waals surface area contributed by atoms with Crippen molar-refractivity contribution in [3.63, 3.8) is 0 Å². The number of rotatable bonds is 9. The summed E-state index contributed by atoms with van der Waals surface area (Å²) >= 11 is 2.92. The Morgan fingerprint density at radius 3 is 2.94 bits per heavy atom. The van der Waals surface area contributed by atoms with Crippen molar-refractivity contribution in [2.75, 3.05) is 5.32 Å². The van der Waals surface area contributed by atoms with Gasteiger partial charge in [-0.2, -0.15) is 5.26 Å². The zero-order valence-electron chi connectivity index (χ0n) is 19.3. The van der Waals surface area contributed by atoms with Crippen LogP contribution in [0.15, 0.2) is 42.3 Å². The first-order valence-corrected chi connectivity index (χ1v) is 12.7. The number of amides is 2. The number of anilines is 1. The molecule has 2 atom stereocenters. The summed E-state index contributed by atoms with van der Waals surface area (Å²) in [5, 5.41) is 18.8. The Morgan fingerprint density at radius 1 is 1.47 bits per heavy atom. The van der Waals surface area contributed by atoms with Crippen LogP contribution in [0.25, 0.3) is 0 Å². The lowest BCUT2D eigenvalue weighted by atomic mass is 9.93. The van der Waals surface area contributed by atoms with E-state index >= 15 is 0 Å². The van der Waals surface area contributed by atoms with E-state index in [1.807, 2.05) is 25.3 Å². The smallest absolute Gasteiger partial charge is 0.407 e. The maximum Gasteiger partial charge on any atom is 0.407 e. The van der Waals surface area contributed by atoms with E-state index in [9.17, 15) is 14.9 Å². The molecule has 0 radical (unpaired) electrons. The van der Waals surface area contributed by atoms with Gasteiger partial charge < -0.3 is 15.4 Å². The van der Waals surface area contributed by atoms with E-state index < -0.39 is 6.09 Å². The van der Waals surface area contributed by atoms with Crippen LogP contribution in [-0.2, 0) is 28.9 Å². The number of carbonyl (C=O) groups is 2. The highest BCUT2D eigenvalue weighted by Crippen LogP contribution is 2.38. The van der Waals surface area contributed by atoms with Crippen LogP contribution in [0.3, 0.4) is 0 Å². The van der Waals surface area contributed by atoms with E-state index in [1.54, 1.807) is 12.2 Å². The number of aryl methyl sites for hydroxylation is 1. The topological polar surface area (TPSA) is 104 Å². The van der Waals surface area contributed by atoms with Gasteiger partial charge in [0, 0.05) is 23.1 Å². The van der Waals surface area contributed by atoms with E-state index in [0.717, 1.165) is 26.7 Å². The van der Waals surface area contributed by atoms with Crippen molar-refractivity contribution >= 4 is 39.7 Å². The molecule has 1 aliphatic carbocycles. The van der Waals surface area contributed by atoms with E-state index in [2.05, 4.69) is 34.8 Å². The predicted octanol–water partition coefficient (Wildman–Crippen LogP) is 5.43. The first kappa shape index (κ1) is 25.4. The Bertz CT molecular complexity index is 1160. The molecule has 2 aromatic heterocycles. The summed E-state index contributed by atoms with van der Waals surface area (Å²) < 4.78 is 5.59. The molecule has 0 saturated heterocycles. The van der Waals surface area contributed by atoms with Crippen LogP contribution in [-0.4, -0.2) is 23.1 Å².